The van der Waals surface area contributed by atoms with Crippen molar-refractivity contribution in [2.24, 2.45) is 4.99 Å². The van der Waals surface area contributed by atoms with Gasteiger partial charge >= 0.3 is 0 Å². The zero-order valence-corrected chi connectivity index (χ0v) is 16.3. The first-order chi connectivity index (χ1) is 13.5. The molecule has 1 aliphatic rings. The molecule has 1 heterocycles. The van der Waals surface area contributed by atoms with Crippen LogP contribution >= 0.6 is 11.8 Å². The summed E-state index contributed by atoms with van der Waals surface area (Å²) in [5, 5.41) is 2.58. The van der Waals surface area contributed by atoms with Gasteiger partial charge in [-0.1, -0.05) is 17.8 Å². The first-order valence-corrected chi connectivity index (χ1v) is 9.64. The van der Waals surface area contributed by atoms with Gasteiger partial charge in [-0.3, -0.25) is 14.5 Å². The minimum absolute atomic E-state index is 0.0721. The summed E-state index contributed by atoms with van der Waals surface area (Å²) in [7, 11) is 1.57. The summed E-state index contributed by atoms with van der Waals surface area (Å²) in [4.78, 5) is 31.1. The van der Waals surface area contributed by atoms with E-state index in [1.807, 2.05) is 6.92 Å². The largest absolute Gasteiger partial charge is 0.497 e. The predicted molar refractivity (Wildman–Crippen MR) is 109 cm³/mol. The number of amidine groups is 1. The Hall–Kier alpha value is -2.87. The van der Waals surface area contributed by atoms with Gasteiger partial charge in [-0.2, -0.15) is 0 Å². The molecule has 6 nitrogen and oxygen atoms in total. The Morgan fingerprint density at radius 3 is 2.71 bits per heavy atom. The average Bonchev–Trinajstić information content (AvgIpc) is 2.68. The van der Waals surface area contributed by atoms with Crippen molar-refractivity contribution in [3.05, 3.63) is 54.3 Å². The lowest BCUT2D eigenvalue weighted by Gasteiger charge is -2.30. The number of amides is 2. The Balaban J connectivity index is 1.78. The first kappa shape index (κ1) is 19.9. The highest BCUT2D eigenvalue weighted by atomic mass is 32.2. The van der Waals surface area contributed by atoms with Gasteiger partial charge in [0.1, 0.15) is 16.8 Å². The van der Waals surface area contributed by atoms with Crippen molar-refractivity contribution in [3.8, 4) is 5.75 Å². The second-order valence-electron chi connectivity index (χ2n) is 6.04. The molecule has 0 radical (unpaired) electrons. The first-order valence-electron chi connectivity index (χ1n) is 8.76. The van der Waals surface area contributed by atoms with Gasteiger partial charge in [-0.25, -0.2) is 9.38 Å². The third kappa shape index (κ3) is 4.69. The van der Waals surface area contributed by atoms with Gasteiger partial charge in [0, 0.05) is 18.7 Å². The van der Waals surface area contributed by atoms with Crippen LogP contribution < -0.4 is 10.1 Å². The number of nitrogens with one attached hydrogen (secondary N) is 1. The van der Waals surface area contributed by atoms with Crippen LogP contribution in [0.2, 0.25) is 0 Å². The van der Waals surface area contributed by atoms with E-state index in [0.717, 1.165) is 0 Å². The molecule has 8 heteroatoms. The molecule has 0 spiro atoms. The smallest absolute Gasteiger partial charge is 0.238 e. The lowest BCUT2D eigenvalue weighted by molar-refractivity contribution is -0.129. The van der Waals surface area contributed by atoms with Gasteiger partial charge in [-0.15, -0.1) is 0 Å². The summed E-state index contributed by atoms with van der Waals surface area (Å²) < 4.78 is 18.5. The molecule has 2 aromatic carbocycles. The Kier molecular flexibility index (Phi) is 6.30. The van der Waals surface area contributed by atoms with Crippen molar-refractivity contribution < 1.29 is 18.7 Å². The molecule has 2 aromatic rings. The molecule has 28 heavy (non-hydrogen) atoms. The van der Waals surface area contributed by atoms with E-state index in [2.05, 4.69) is 10.3 Å². The van der Waals surface area contributed by atoms with Gasteiger partial charge in [0.15, 0.2) is 5.17 Å². The maximum atomic E-state index is 13.4. The average molecular weight is 401 g/mol. The highest BCUT2D eigenvalue weighted by molar-refractivity contribution is 8.15. The second kappa shape index (κ2) is 8.88. The molecule has 1 atom stereocenters. The van der Waals surface area contributed by atoms with Crippen molar-refractivity contribution in [2.45, 2.75) is 18.6 Å². The zero-order valence-electron chi connectivity index (χ0n) is 15.5. The van der Waals surface area contributed by atoms with Crippen molar-refractivity contribution in [3.63, 3.8) is 0 Å². The second-order valence-corrected chi connectivity index (χ2v) is 7.21. The number of carbonyl (C=O) groups excluding carboxylic acids is 2. The molecule has 2 amide bonds. The molecule has 0 bridgehead atoms. The normalized spacial score (nSPS) is 18.2. The molecular formula is C20H20FN3O3S. The molecule has 0 unspecified atom stereocenters. The fourth-order valence-electron chi connectivity index (χ4n) is 2.71. The number of thioether (sulfide) groups is 1. The molecule has 146 valence electrons. The molecule has 1 aliphatic heterocycles. The van der Waals surface area contributed by atoms with Crippen molar-refractivity contribution in [1.82, 2.24) is 4.90 Å². The summed E-state index contributed by atoms with van der Waals surface area (Å²) in [6, 6.07) is 12.7. The van der Waals surface area contributed by atoms with E-state index in [4.69, 9.17) is 4.74 Å². The molecule has 1 saturated heterocycles. The molecule has 1 fully saturated rings. The van der Waals surface area contributed by atoms with Gasteiger partial charge in [0.05, 0.1) is 12.8 Å². The Morgan fingerprint density at radius 1 is 1.32 bits per heavy atom. The van der Waals surface area contributed by atoms with E-state index in [-0.39, 0.29) is 18.2 Å². The van der Waals surface area contributed by atoms with E-state index in [1.54, 1.807) is 43.5 Å². The highest BCUT2D eigenvalue weighted by Gasteiger charge is 2.35. The third-order valence-corrected chi connectivity index (χ3v) is 5.33. The number of hydrogen-bond donors (Lipinski definition) is 1. The quantitative estimate of drug-likeness (QED) is 0.827. The lowest BCUT2D eigenvalue weighted by atomic mass is 10.2. The third-order valence-electron chi connectivity index (χ3n) is 4.14. The number of anilines is 1. The number of ether oxygens (including phenoxy) is 1. The molecule has 3 rings (SSSR count). The highest BCUT2D eigenvalue weighted by Crippen LogP contribution is 2.30. The summed E-state index contributed by atoms with van der Waals surface area (Å²) in [6.45, 7) is 2.25. The predicted octanol–water partition coefficient (Wildman–Crippen LogP) is 3.81. The van der Waals surface area contributed by atoms with Gasteiger partial charge < -0.3 is 10.1 Å². The SMILES string of the molecule is CCN1C(=O)C[C@@H](C(=O)Nc2ccc(OC)cc2)SC1=Nc1cccc(F)c1. The fourth-order valence-corrected chi connectivity index (χ4v) is 3.87. The van der Waals surface area contributed by atoms with E-state index in [0.29, 0.717) is 28.8 Å². The molecule has 0 aromatic heterocycles. The molecular weight excluding hydrogens is 381 g/mol. The van der Waals surface area contributed by atoms with Crippen LogP contribution in [0, 0.1) is 5.82 Å². The minimum atomic E-state index is -0.621. The molecule has 1 N–H and O–H groups in total. The van der Waals surface area contributed by atoms with Crippen molar-refractivity contribution in [1.29, 1.82) is 0 Å². The fraction of sp³-hybridized carbons (Fsp3) is 0.250. The summed E-state index contributed by atoms with van der Waals surface area (Å²) in [5.74, 6) is -0.202. The Labute approximate surface area is 166 Å². The molecule has 0 aliphatic carbocycles. The van der Waals surface area contributed by atoms with Crippen LogP contribution in [0.15, 0.2) is 53.5 Å². The number of methoxy groups -OCH3 is 1. The van der Waals surface area contributed by atoms with Crippen LogP contribution in [0.25, 0.3) is 0 Å². The maximum Gasteiger partial charge on any atom is 0.238 e. The number of rotatable bonds is 5. The Bertz CT molecular complexity index is 902. The topological polar surface area (TPSA) is 71.0 Å². The van der Waals surface area contributed by atoms with E-state index in [1.165, 1.54) is 28.8 Å². The summed E-state index contributed by atoms with van der Waals surface area (Å²) in [6.07, 6.45) is 0.0721. The van der Waals surface area contributed by atoms with Gasteiger partial charge in [-0.05, 0) is 49.4 Å². The van der Waals surface area contributed by atoms with Crippen molar-refractivity contribution in [2.75, 3.05) is 19.0 Å². The van der Waals surface area contributed by atoms with E-state index >= 15 is 0 Å². The molecule has 0 saturated carbocycles. The summed E-state index contributed by atoms with van der Waals surface area (Å²) in [5.41, 5.74) is 1.00. The number of halogens is 1. The number of benzene rings is 2. The number of hydrogen-bond acceptors (Lipinski definition) is 5. The Morgan fingerprint density at radius 2 is 2.07 bits per heavy atom. The lowest BCUT2D eigenvalue weighted by Crippen LogP contribution is -2.45. The van der Waals surface area contributed by atoms with Crippen LogP contribution in [-0.2, 0) is 9.59 Å². The minimum Gasteiger partial charge on any atom is -0.497 e. The standard InChI is InChI=1S/C20H20FN3O3S/c1-3-24-18(25)12-17(19(26)22-14-7-9-16(27-2)10-8-14)28-20(24)23-15-6-4-5-13(21)11-15/h4-11,17H,3,12H2,1-2H3,(H,22,26)/t17-/m0/s1. The zero-order chi connectivity index (χ0) is 20.1. The van der Waals surface area contributed by atoms with Crippen LogP contribution in [0.3, 0.4) is 0 Å². The van der Waals surface area contributed by atoms with Crippen LogP contribution in [0.5, 0.6) is 5.75 Å². The van der Waals surface area contributed by atoms with Crippen molar-refractivity contribution >= 4 is 40.1 Å². The number of nitrogens with zero attached hydrogens (tertiary/aromatic N) is 2. The van der Waals surface area contributed by atoms with E-state index < -0.39 is 11.1 Å². The monoisotopic (exact) mass is 401 g/mol. The maximum absolute atomic E-state index is 13.4. The summed E-state index contributed by atoms with van der Waals surface area (Å²) >= 11 is 1.20. The van der Waals surface area contributed by atoms with Crippen LogP contribution in [0.4, 0.5) is 15.8 Å². The van der Waals surface area contributed by atoms with E-state index in [9.17, 15) is 14.0 Å². The van der Waals surface area contributed by atoms with Crippen LogP contribution in [-0.4, -0.2) is 40.8 Å². The van der Waals surface area contributed by atoms with Crippen LogP contribution in [0.1, 0.15) is 13.3 Å². The number of carbonyl (C=O) groups is 2. The van der Waals surface area contributed by atoms with Gasteiger partial charge in [0.2, 0.25) is 11.8 Å². The number of aliphatic imine (C=N–C) groups is 1. The van der Waals surface area contributed by atoms with Gasteiger partial charge in [0.25, 0.3) is 0 Å².